The van der Waals surface area contributed by atoms with Crippen molar-refractivity contribution >= 4 is 73.3 Å². The predicted octanol–water partition coefficient (Wildman–Crippen LogP) is 8.96. The van der Waals surface area contributed by atoms with Crippen molar-refractivity contribution in [1.82, 2.24) is 0 Å². The molecule has 0 atom stereocenters. The molecule has 9 heteroatoms. The number of carbonyl (C=O) groups is 5. The van der Waals surface area contributed by atoms with Gasteiger partial charge < -0.3 is 24.1 Å². The van der Waals surface area contributed by atoms with Gasteiger partial charge >= 0.3 is 23.9 Å². The average molecular weight is 733 g/mol. The Morgan fingerprint density at radius 2 is 0.927 bits per heavy atom. The van der Waals surface area contributed by atoms with E-state index in [4.69, 9.17) is 14.2 Å². The van der Waals surface area contributed by atoms with Crippen LogP contribution in [0.2, 0.25) is 0 Å². The van der Waals surface area contributed by atoms with Crippen LogP contribution in [0.5, 0.6) is 11.5 Å². The number of benzene rings is 7. The number of carboxylic acid groups (broad SMARTS) is 1. The molecular weight excluding hydrogens is 696 g/mol. The Bertz CT molecular complexity index is 2380. The summed E-state index contributed by atoms with van der Waals surface area (Å²) < 4.78 is 16.8. The molecule has 0 aliphatic carbocycles. The summed E-state index contributed by atoms with van der Waals surface area (Å²) >= 11 is 0. The molecule has 0 saturated heterocycles. The van der Waals surface area contributed by atoms with Crippen LogP contribution in [0, 0.1) is 0 Å². The number of fused-ring (bicyclic) bond motifs is 4. The molecular formula is C46H36O9. The first-order chi connectivity index (χ1) is 26.7. The third kappa shape index (κ3) is 8.52. The quantitative estimate of drug-likeness (QED) is 0.0503. The molecule has 0 bridgehead atoms. The normalized spacial score (nSPS) is 11.2. The van der Waals surface area contributed by atoms with Crippen molar-refractivity contribution in [3.05, 3.63) is 144 Å². The molecule has 1 N–H and O–H groups in total. The van der Waals surface area contributed by atoms with Crippen LogP contribution in [0.4, 0.5) is 0 Å². The van der Waals surface area contributed by atoms with Crippen LogP contribution in [-0.2, 0) is 36.8 Å². The summed E-state index contributed by atoms with van der Waals surface area (Å²) in [4.78, 5) is 61.1. The van der Waals surface area contributed by atoms with Crippen molar-refractivity contribution in [3.63, 3.8) is 0 Å². The van der Waals surface area contributed by atoms with Gasteiger partial charge in [0.2, 0.25) is 0 Å². The Balaban J connectivity index is 1.16. The number of carbonyl (C=O) groups excluding carboxylic acids is 4. The van der Waals surface area contributed by atoms with Gasteiger partial charge in [-0.25, -0.2) is 4.79 Å². The first-order valence-corrected chi connectivity index (χ1v) is 18.0. The highest BCUT2D eigenvalue weighted by Gasteiger charge is 2.23. The topological polar surface area (TPSA) is 133 Å². The number of ether oxygens (including phenoxy) is 3. The van der Waals surface area contributed by atoms with E-state index < -0.39 is 30.0 Å². The Labute approximate surface area is 316 Å². The van der Waals surface area contributed by atoms with E-state index in [1.165, 1.54) is 6.07 Å². The molecule has 0 aliphatic rings. The molecule has 274 valence electrons. The lowest BCUT2D eigenvalue weighted by Gasteiger charge is -2.22. The van der Waals surface area contributed by atoms with E-state index in [-0.39, 0.29) is 42.7 Å². The van der Waals surface area contributed by atoms with Gasteiger partial charge in [0.05, 0.1) is 24.8 Å². The van der Waals surface area contributed by atoms with E-state index in [1.54, 1.807) is 0 Å². The molecule has 0 unspecified atom stereocenters. The molecule has 55 heavy (non-hydrogen) atoms. The van der Waals surface area contributed by atoms with Crippen LogP contribution >= 0.6 is 0 Å². The van der Waals surface area contributed by atoms with Crippen molar-refractivity contribution in [2.24, 2.45) is 0 Å². The number of esters is 3. The maximum Gasteiger partial charge on any atom is 0.335 e. The maximum atomic E-state index is 13.7. The zero-order chi connectivity index (χ0) is 38.3. The Morgan fingerprint density at radius 1 is 0.527 bits per heavy atom. The minimum Gasteiger partial charge on any atom is -0.478 e. The zero-order valence-electron chi connectivity index (χ0n) is 29.7. The van der Waals surface area contributed by atoms with Crippen LogP contribution < -0.4 is 9.47 Å². The largest absolute Gasteiger partial charge is 0.478 e. The molecule has 0 amide bonds. The van der Waals surface area contributed by atoms with E-state index >= 15 is 0 Å². The van der Waals surface area contributed by atoms with Gasteiger partial charge in [0.1, 0.15) is 23.9 Å². The molecule has 0 fully saturated rings. The van der Waals surface area contributed by atoms with E-state index in [2.05, 4.69) is 60.7 Å². The fraction of sp³-hybridized carbons (Fsp3) is 0.152. The Kier molecular flexibility index (Phi) is 10.9. The molecule has 0 heterocycles. The van der Waals surface area contributed by atoms with Crippen molar-refractivity contribution in [3.8, 4) is 11.5 Å². The summed E-state index contributed by atoms with van der Waals surface area (Å²) in [5.41, 5.74) is 1.82. The maximum absolute atomic E-state index is 13.7. The minimum atomic E-state index is -1.34. The molecule has 0 spiro atoms. The third-order valence-corrected chi connectivity index (χ3v) is 9.52. The molecule has 0 aliphatic heterocycles. The van der Waals surface area contributed by atoms with E-state index in [9.17, 15) is 29.1 Å². The van der Waals surface area contributed by atoms with Gasteiger partial charge in [-0.2, -0.15) is 0 Å². The van der Waals surface area contributed by atoms with Crippen LogP contribution in [0.15, 0.2) is 127 Å². The number of carboxylic acids is 1. The number of hydrogen-bond donors (Lipinski definition) is 1. The highest BCUT2D eigenvalue weighted by Crippen LogP contribution is 2.34. The SMILES string of the molecule is O=CCCC(=O)Oc1cc(OC(=O)CCC(=O)OC(Cc2c3ccccc3cc3ccccc23)Cc2c3ccccc3cc3ccccc23)cc(C(=O)O)c1. The summed E-state index contributed by atoms with van der Waals surface area (Å²) in [7, 11) is 0. The first kappa shape index (κ1) is 36.5. The molecule has 0 aromatic heterocycles. The van der Waals surface area contributed by atoms with Gasteiger partial charge in [-0.05, 0) is 78.5 Å². The second kappa shape index (κ2) is 16.4. The van der Waals surface area contributed by atoms with E-state index in [1.807, 2.05) is 48.5 Å². The smallest absolute Gasteiger partial charge is 0.335 e. The molecule has 7 rings (SSSR count). The number of aromatic carboxylic acids is 1. The average Bonchev–Trinajstić information content (AvgIpc) is 3.19. The van der Waals surface area contributed by atoms with E-state index in [0.29, 0.717) is 19.1 Å². The fourth-order valence-corrected chi connectivity index (χ4v) is 7.07. The molecule has 7 aromatic carbocycles. The van der Waals surface area contributed by atoms with Gasteiger partial charge in [0.15, 0.2) is 0 Å². The lowest BCUT2D eigenvalue weighted by Crippen LogP contribution is -2.24. The van der Waals surface area contributed by atoms with Crippen LogP contribution in [0.3, 0.4) is 0 Å². The van der Waals surface area contributed by atoms with Crippen LogP contribution in [0.25, 0.3) is 43.1 Å². The van der Waals surface area contributed by atoms with Gasteiger partial charge in [0.25, 0.3) is 0 Å². The summed E-state index contributed by atoms with van der Waals surface area (Å²) in [6.45, 7) is 0. The standard InChI is InChI=1S/C46H36O9/c47-21-9-18-43(48)53-34-24-33(46(51)52)25-35(26-34)54-44(49)19-20-45(50)55-36(27-41-37-14-5-1-10-29(37)22-30-11-2-6-15-38(30)41)28-42-39-16-7-3-12-31(39)23-32-13-4-8-17-40(32)42/h1-8,10-17,21-26,36H,9,18-20,27-28H2,(H,51,52). The summed E-state index contributed by atoms with van der Waals surface area (Å²) in [6.07, 6.45) is -0.153. The Morgan fingerprint density at radius 3 is 1.35 bits per heavy atom. The van der Waals surface area contributed by atoms with Crippen LogP contribution in [0.1, 0.15) is 47.2 Å². The molecule has 0 saturated carbocycles. The van der Waals surface area contributed by atoms with Gasteiger partial charge in [-0.1, -0.05) is 97.1 Å². The number of hydrogen-bond acceptors (Lipinski definition) is 8. The predicted molar refractivity (Wildman–Crippen MR) is 209 cm³/mol. The highest BCUT2D eigenvalue weighted by molar-refractivity contribution is 6.03. The van der Waals surface area contributed by atoms with Gasteiger partial charge in [-0.15, -0.1) is 0 Å². The van der Waals surface area contributed by atoms with Crippen LogP contribution in [-0.4, -0.2) is 41.4 Å². The third-order valence-electron chi connectivity index (χ3n) is 9.52. The first-order valence-electron chi connectivity index (χ1n) is 18.0. The summed E-state index contributed by atoms with van der Waals surface area (Å²) in [5.74, 6) is -3.84. The van der Waals surface area contributed by atoms with E-state index in [0.717, 1.165) is 66.3 Å². The fourth-order valence-electron chi connectivity index (χ4n) is 7.07. The van der Waals surface area contributed by atoms with Crippen molar-refractivity contribution in [2.75, 3.05) is 0 Å². The van der Waals surface area contributed by atoms with Gasteiger partial charge in [-0.3, -0.25) is 14.4 Å². The lowest BCUT2D eigenvalue weighted by atomic mass is 9.89. The zero-order valence-corrected chi connectivity index (χ0v) is 29.7. The monoisotopic (exact) mass is 732 g/mol. The van der Waals surface area contributed by atoms with Crippen molar-refractivity contribution in [2.45, 2.75) is 44.6 Å². The van der Waals surface area contributed by atoms with Crippen molar-refractivity contribution < 1.29 is 43.3 Å². The summed E-state index contributed by atoms with van der Waals surface area (Å²) in [6, 6.07) is 40.3. The number of rotatable bonds is 14. The van der Waals surface area contributed by atoms with Gasteiger partial charge in [0, 0.05) is 25.3 Å². The second-order valence-corrected chi connectivity index (χ2v) is 13.3. The number of aldehydes is 1. The highest BCUT2D eigenvalue weighted by atomic mass is 16.6. The summed E-state index contributed by atoms with van der Waals surface area (Å²) in [5, 5.41) is 18.1. The molecule has 9 nitrogen and oxygen atoms in total. The molecule has 7 aromatic rings. The van der Waals surface area contributed by atoms with Crippen molar-refractivity contribution in [1.29, 1.82) is 0 Å². The Hall–Kier alpha value is -6.87. The second-order valence-electron chi connectivity index (χ2n) is 13.3. The lowest BCUT2D eigenvalue weighted by molar-refractivity contribution is -0.151. The minimum absolute atomic E-state index is 0.0622. The molecule has 0 radical (unpaired) electrons.